The van der Waals surface area contributed by atoms with Crippen molar-refractivity contribution in [2.45, 2.75) is 55.3 Å². The zero-order valence-electron chi connectivity index (χ0n) is 19.7. The molecule has 0 saturated carbocycles. The van der Waals surface area contributed by atoms with E-state index in [0.29, 0.717) is 23.6 Å². The second kappa shape index (κ2) is 10.2. The number of alkyl halides is 1. The highest BCUT2D eigenvalue weighted by atomic mass is 79.9. The van der Waals surface area contributed by atoms with Crippen LogP contribution in [-0.2, 0) is 23.9 Å². The fraction of sp³-hybridized carbons (Fsp3) is 0.560. The van der Waals surface area contributed by atoms with Crippen molar-refractivity contribution in [3.8, 4) is 0 Å². The van der Waals surface area contributed by atoms with Crippen LogP contribution in [0.15, 0.2) is 36.9 Å². The number of aliphatic hydroxyl groups excluding tert-OH is 1. The second-order valence-electron chi connectivity index (χ2n) is 9.09. The Kier molecular flexibility index (Phi) is 7.62. The van der Waals surface area contributed by atoms with E-state index in [1.165, 1.54) is 9.80 Å². The van der Waals surface area contributed by atoms with E-state index in [0.717, 1.165) is 0 Å². The number of hydrogen-bond donors (Lipinski definition) is 1. The Labute approximate surface area is 218 Å². The number of benzene rings is 1. The maximum Gasteiger partial charge on any atom is 0.312 e. The first-order valence-corrected chi connectivity index (χ1v) is 13.1. The summed E-state index contributed by atoms with van der Waals surface area (Å²) in [4.78, 5) is 44.0. The SMILES string of the molecule is C=CCN(C(=O)[C@@H]1N([C@@H](CC)CO)C(=O)[C@H]2[C@H](C(=O)OCC)[C@H]3O[C@@]12CC3Br)c1ccccc1Cl. The Hall–Kier alpha value is -1.94. The maximum absolute atomic E-state index is 14.3. The van der Waals surface area contributed by atoms with Crippen molar-refractivity contribution in [2.24, 2.45) is 11.8 Å². The summed E-state index contributed by atoms with van der Waals surface area (Å²) in [5.74, 6) is -3.01. The molecule has 0 radical (unpaired) electrons. The fourth-order valence-corrected chi connectivity index (χ4v) is 7.10. The highest BCUT2D eigenvalue weighted by Crippen LogP contribution is 2.61. The molecule has 8 nitrogen and oxygen atoms in total. The van der Waals surface area contributed by atoms with Crippen molar-refractivity contribution in [1.82, 2.24) is 4.90 Å². The first-order valence-electron chi connectivity index (χ1n) is 11.9. The molecule has 35 heavy (non-hydrogen) atoms. The minimum Gasteiger partial charge on any atom is -0.466 e. The van der Waals surface area contributed by atoms with Gasteiger partial charge in [-0.2, -0.15) is 0 Å². The third kappa shape index (κ3) is 4.00. The summed E-state index contributed by atoms with van der Waals surface area (Å²) in [6.45, 7) is 7.33. The van der Waals surface area contributed by atoms with E-state index in [1.807, 2.05) is 6.92 Å². The van der Waals surface area contributed by atoms with Crippen molar-refractivity contribution in [2.75, 3.05) is 24.7 Å². The van der Waals surface area contributed by atoms with Crippen LogP contribution in [-0.4, -0.2) is 76.2 Å². The molecule has 3 saturated heterocycles. The van der Waals surface area contributed by atoms with Gasteiger partial charge in [0.15, 0.2) is 0 Å². The molecule has 0 aliphatic carbocycles. The molecule has 7 atom stereocenters. The summed E-state index contributed by atoms with van der Waals surface area (Å²) in [5, 5.41) is 10.5. The van der Waals surface area contributed by atoms with Crippen LogP contribution in [0.2, 0.25) is 5.02 Å². The van der Waals surface area contributed by atoms with Gasteiger partial charge in [0.1, 0.15) is 11.6 Å². The van der Waals surface area contributed by atoms with Crippen LogP contribution in [0.5, 0.6) is 0 Å². The Morgan fingerprint density at radius 1 is 1.43 bits per heavy atom. The number of ether oxygens (including phenoxy) is 2. The van der Waals surface area contributed by atoms with Crippen LogP contribution in [0, 0.1) is 11.8 Å². The van der Waals surface area contributed by atoms with Crippen molar-refractivity contribution < 1.29 is 29.0 Å². The van der Waals surface area contributed by atoms with E-state index in [4.69, 9.17) is 21.1 Å². The van der Waals surface area contributed by atoms with Crippen molar-refractivity contribution in [3.05, 3.63) is 41.9 Å². The largest absolute Gasteiger partial charge is 0.466 e. The number of hydrogen-bond acceptors (Lipinski definition) is 6. The molecule has 1 aromatic carbocycles. The fourth-order valence-electron chi connectivity index (χ4n) is 5.92. The summed E-state index contributed by atoms with van der Waals surface area (Å²) in [6, 6.07) is 5.28. The molecule has 10 heteroatoms. The zero-order valence-corrected chi connectivity index (χ0v) is 22.1. The van der Waals surface area contributed by atoms with E-state index in [-0.39, 0.29) is 30.5 Å². The number of amides is 2. The van der Waals surface area contributed by atoms with Gasteiger partial charge >= 0.3 is 5.97 Å². The first kappa shape index (κ1) is 26.1. The number of esters is 1. The quantitative estimate of drug-likeness (QED) is 0.279. The molecular formula is C25H30BrClN2O6. The highest BCUT2D eigenvalue weighted by Gasteiger charge is 2.77. The van der Waals surface area contributed by atoms with Crippen LogP contribution in [0.1, 0.15) is 26.7 Å². The number of carbonyl (C=O) groups excluding carboxylic acids is 3. The lowest BCUT2D eigenvalue weighted by Gasteiger charge is -2.39. The second-order valence-corrected chi connectivity index (χ2v) is 10.7. The molecule has 190 valence electrons. The van der Waals surface area contributed by atoms with Crippen molar-refractivity contribution in [3.63, 3.8) is 0 Å². The molecule has 3 aliphatic heterocycles. The summed E-state index contributed by atoms with van der Waals surface area (Å²) in [7, 11) is 0. The van der Waals surface area contributed by atoms with Gasteiger partial charge in [0.25, 0.3) is 5.91 Å². The van der Waals surface area contributed by atoms with Crippen LogP contribution in [0.4, 0.5) is 5.69 Å². The Morgan fingerprint density at radius 2 is 2.14 bits per heavy atom. The van der Waals surface area contributed by atoms with Crippen LogP contribution < -0.4 is 4.90 Å². The van der Waals surface area contributed by atoms with Gasteiger partial charge < -0.3 is 24.4 Å². The highest BCUT2D eigenvalue weighted by molar-refractivity contribution is 9.09. The van der Waals surface area contributed by atoms with Crippen molar-refractivity contribution in [1.29, 1.82) is 0 Å². The lowest BCUT2D eigenvalue weighted by Crippen LogP contribution is -2.59. The van der Waals surface area contributed by atoms with Crippen LogP contribution in [0.25, 0.3) is 0 Å². The standard InChI is InChI=1S/C25H30BrClN2O6/c1-4-11-28(17-10-8-7-9-16(17)27)23(32)21-25-12-15(26)20(35-25)18(24(33)34-6-3)19(25)22(31)29(21)14(5-2)13-30/h4,7-10,14-15,18-21,30H,1,5-6,11-13H2,2-3H3/t14-,15?,18-,19+,20-,21-,25+/m0/s1. The predicted molar refractivity (Wildman–Crippen MR) is 134 cm³/mol. The van der Waals surface area contributed by atoms with Gasteiger partial charge in [-0.1, -0.05) is 52.7 Å². The van der Waals surface area contributed by atoms with E-state index in [1.54, 1.807) is 37.3 Å². The van der Waals surface area contributed by atoms with Crippen molar-refractivity contribution >= 4 is 51.0 Å². The number of anilines is 1. The molecule has 1 N–H and O–H groups in total. The number of halogens is 2. The molecule has 3 aliphatic rings. The van der Waals surface area contributed by atoms with E-state index >= 15 is 0 Å². The van der Waals surface area contributed by atoms with Gasteiger partial charge in [0.2, 0.25) is 5.91 Å². The molecule has 0 aromatic heterocycles. The van der Waals surface area contributed by atoms with E-state index in [9.17, 15) is 19.5 Å². The number of likely N-dealkylation sites (tertiary alicyclic amines) is 1. The molecule has 2 bridgehead atoms. The summed E-state index contributed by atoms with van der Waals surface area (Å²) in [6.07, 6.45) is 1.78. The number of para-hydroxylation sites is 1. The number of fused-ring (bicyclic) bond motifs is 1. The van der Waals surface area contributed by atoms with Gasteiger partial charge in [-0.3, -0.25) is 14.4 Å². The molecule has 4 rings (SSSR count). The normalized spacial score (nSPS) is 31.9. The Morgan fingerprint density at radius 3 is 2.74 bits per heavy atom. The number of aliphatic hydroxyl groups is 1. The van der Waals surface area contributed by atoms with Crippen LogP contribution in [0.3, 0.4) is 0 Å². The van der Waals surface area contributed by atoms with E-state index < -0.39 is 47.5 Å². The minimum absolute atomic E-state index is 0.153. The third-order valence-electron chi connectivity index (χ3n) is 7.32. The Balaban J connectivity index is 1.85. The maximum atomic E-state index is 14.3. The molecule has 1 spiro atoms. The molecule has 1 aromatic rings. The van der Waals surface area contributed by atoms with Gasteiger partial charge in [-0.25, -0.2) is 0 Å². The lowest BCUT2D eigenvalue weighted by atomic mass is 9.70. The first-order chi connectivity index (χ1) is 16.8. The average Bonchev–Trinajstić information content (AvgIpc) is 3.43. The molecule has 2 amide bonds. The summed E-state index contributed by atoms with van der Waals surface area (Å²) in [5.41, 5.74) is -0.763. The van der Waals surface area contributed by atoms with Gasteiger partial charge in [0, 0.05) is 11.4 Å². The predicted octanol–water partition coefficient (Wildman–Crippen LogP) is 2.94. The summed E-state index contributed by atoms with van der Waals surface area (Å²) >= 11 is 10.1. The number of nitrogens with zero attached hydrogens (tertiary/aromatic N) is 2. The minimum atomic E-state index is -1.24. The monoisotopic (exact) mass is 568 g/mol. The lowest BCUT2D eigenvalue weighted by molar-refractivity contribution is -0.155. The van der Waals surface area contributed by atoms with Gasteiger partial charge in [0.05, 0.1) is 47.9 Å². The third-order valence-corrected chi connectivity index (χ3v) is 8.48. The zero-order chi connectivity index (χ0) is 25.5. The van der Waals surface area contributed by atoms with E-state index in [2.05, 4.69) is 22.5 Å². The molecule has 3 heterocycles. The molecule has 3 fully saturated rings. The topological polar surface area (TPSA) is 96.4 Å². The molecular weight excluding hydrogens is 540 g/mol. The average molecular weight is 570 g/mol. The number of carbonyl (C=O) groups is 3. The van der Waals surface area contributed by atoms with Gasteiger partial charge in [-0.05, 0) is 31.9 Å². The smallest absolute Gasteiger partial charge is 0.312 e. The Bertz CT molecular complexity index is 1020. The summed E-state index contributed by atoms with van der Waals surface area (Å²) < 4.78 is 11.8. The van der Waals surface area contributed by atoms with Crippen LogP contribution >= 0.6 is 27.5 Å². The number of rotatable bonds is 9. The van der Waals surface area contributed by atoms with Gasteiger partial charge in [-0.15, -0.1) is 6.58 Å². The molecule has 1 unspecified atom stereocenters.